The summed E-state index contributed by atoms with van der Waals surface area (Å²) in [5, 5.41) is 3.47. The lowest BCUT2D eigenvalue weighted by Gasteiger charge is -2.25. The molecule has 0 bridgehead atoms. The van der Waals surface area contributed by atoms with Gasteiger partial charge in [-0.1, -0.05) is 24.3 Å². The average molecular weight is 316 g/mol. The van der Waals surface area contributed by atoms with Crippen molar-refractivity contribution in [1.82, 2.24) is 10.2 Å². The van der Waals surface area contributed by atoms with Crippen molar-refractivity contribution >= 4 is 0 Å². The van der Waals surface area contributed by atoms with Crippen molar-refractivity contribution in [3.8, 4) is 5.75 Å². The predicted octanol–water partition coefficient (Wildman–Crippen LogP) is 3.62. The number of rotatable bonds is 8. The quantitative estimate of drug-likeness (QED) is 0.805. The molecule has 2 aromatic rings. The molecule has 23 heavy (non-hydrogen) atoms. The molecule has 0 spiro atoms. The van der Waals surface area contributed by atoms with E-state index < -0.39 is 0 Å². The van der Waals surface area contributed by atoms with E-state index in [1.165, 1.54) is 17.7 Å². The molecule has 0 amide bonds. The second kappa shape index (κ2) is 8.65. The molecule has 0 aromatic heterocycles. The number of hydrogen-bond acceptors (Lipinski definition) is 3. The van der Waals surface area contributed by atoms with Crippen LogP contribution < -0.4 is 10.1 Å². The minimum Gasteiger partial charge on any atom is -0.494 e. The molecule has 0 fully saturated rings. The van der Waals surface area contributed by atoms with E-state index in [2.05, 4.69) is 22.3 Å². The molecule has 0 radical (unpaired) electrons. The first kappa shape index (κ1) is 17.4. The number of benzene rings is 2. The third kappa shape index (κ3) is 5.34. The molecular formula is C19H25FN2O. The van der Waals surface area contributed by atoms with Crippen molar-refractivity contribution in [2.24, 2.45) is 0 Å². The Kier molecular flexibility index (Phi) is 6.56. The van der Waals surface area contributed by atoms with Gasteiger partial charge in [0.25, 0.3) is 0 Å². The summed E-state index contributed by atoms with van der Waals surface area (Å²) in [5.74, 6) is 0.696. The highest BCUT2D eigenvalue weighted by atomic mass is 19.1. The maximum Gasteiger partial charge on any atom is 0.123 e. The Morgan fingerprint density at radius 2 is 1.87 bits per heavy atom. The van der Waals surface area contributed by atoms with Crippen LogP contribution >= 0.6 is 0 Å². The minimum absolute atomic E-state index is 0.200. The number of hydrogen-bond donors (Lipinski definition) is 1. The van der Waals surface area contributed by atoms with Crippen molar-refractivity contribution < 1.29 is 9.13 Å². The van der Waals surface area contributed by atoms with E-state index in [1.54, 1.807) is 0 Å². The van der Waals surface area contributed by atoms with Crippen LogP contribution in [0.25, 0.3) is 0 Å². The molecule has 0 aliphatic carbocycles. The summed E-state index contributed by atoms with van der Waals surface area (Å²) < 4.78 is 18.6. The molecule has 1 N–H and O–H groups in total. The Balaban J connectivity index is 1.94. The van der Waals surface area contributed by atoms with Crippen molar-refractivity contribution in [2.75, 3.05) is 27.2 Å². The standard InChI is InChI=1S/C19H25FN2O/c1-4-23-18-7-5-6-15(12-18)13-21-14-19(22(2)3)16-8-10-17(20)11-9-16/h5-12,19,21H,4,13-14H2,1-3H3. The zero-order chi connectivity index (χ0) is 16.7. The number of ether oxygens (including phenoxy) is 1. The van der Waals surface area contributed by atoms with Crippen LogP contribution in [0, 0.1) is 5.82 Å². The third-order valence-corrected chi connectivity index (χ3v) is 3.75. The fourth-order valence-corrected chi connectivity index (χ4v) is 2.55. The molecule has 2 aromatic carbocycles. The van der Waals surface area contributed by atoms with Gasteiger partial charge in [0, 0.05) is 19.1 Å². The largest absolute Gasteiger partial charge is 0.494 e. The lowest BCUT2D eigenvalue weighted by molar-refractivity contribution is 0.288. The van der Waals surface area contributed by atoms with E-state index in [9.17, 15) is 4.39 Å². The second-order valence-corrected chi connectivity index (χ2v) is 5.74. The average Bonchev–Trinajstić information content (AvgIpc) is 2.53. The normalized spacial score (nSPS) is 12.4. The summed E-state index contributed by atoms with van der Waals surface area (Å²) in [4.78, 5) is 2.14. The van der Waals surface area contributed by atoms with Crippen LogP contribution in [0.15, 0.2) is 48.5 Å². The summed E-state index contributed by atoms with van der Waals surface area (Å²) in [7, 11) is 4.07. The Hall–Kier alpha value is -1.91. The topological polar surface area (TPSA) is 24.5 Å². The number of nitrogens with one attached hydrogen (secondary N) is 1. The number of nitrogens with zero attached hydrogens (tertiary/aromatic N) is 1. The Labute approximate surface area is 138 Å². The van der Waals surface area contributed by atoms with Crippen LogP contribution in [0.3, 0.4) is 0 Å². The van der Waals surface area contributed by atoms with Crippen molar-refractivity contribution in [1.29, 1.82) is 0 Å². The molecule has 0 saturated heterocycles. The van der Waals surface area contributed by atoms with Gasteiger partial charge in [-0.05, 0) is 56.4 Å². The van der Waals surface area contributed by atoms with Gasteiger partial charge in [-0.3, -0.25) is 0 Å². The summed E-state index contributed by atoms with van der Waals surface area (Å²) in [6.07, 6.45) is 0. The van der Waals surface area contributed by atoms with Crippen LogP contribution in [0.2, 0.25) is 0 Å². The lowest BCUT2D eigenvalue weighted by atomic mass is 10.1. The highest BCUT2D eigenvalue weighted by Gasteiger charge is 2.13. The minimum atomic E-state index is -0.202. The van der Waals surface area contributed by atoms with E-state index in [4.69, 9.17) is 4.74 Å². The van der Waals surface area contributed by atoms with Crippen molar-refractivity contribution in [3.63, 3.8) is 0 Å². The summed E-state index contributed by atoms with van der Waals surface area (Å²) in [5.41, 5.74) is 2.29. The van der Waals surface area contributed by atoms with Crippen molar-refractivity contribution in [3.05, 3.63) is 65.5 Å². The highest BCUT2D eigenvalue weighted by Crippen LogP contribution is 2.18. The van der Waals surface area contributed by atoms with Gasteiger partial charge in [-0.2, -0.15) is 0 Å². The molecular weight excluding hydrogens is 291 g/mol. The first-order valence-electron chi connectivity index (χ1n) is 7.94. The number of halogens is 1. The maximum atomic E-state index is 13.1. The van der Waals surface area contributed by atoms with Gasteiger partial charge in [-0.25, -0.2) is 4.39 Å². The molecule has 0 aliphatic heterocycles. The van der Waals surface area contributed by atoms with E-state index >= 15 is 0 Å². The monoisotopic (exact) mass is 316 g/mol. The van der Waals surface area contributed by atoms with Crippen molar-refractivity contribution in [2.45, 2.75) is 19.5 Å². The molecule has 1 unspecified atom stereocenters. The number of likely N-dealkylation sites (N-methyl/N-ethyl adjacent to an activating group) is 1. The fourth-order valence-electron chi connectivity index (χ4n) is 2.55. The smallest absolute Gasteiger partial charge is 0.123 e. The van der Waals surface area contributed by atoms with Gasteiger partial charge in [-0.15, -0.1) is 0 Å². The zero-order valence-electron chi connectivity index (χ0n) is 14.1. The summed E-state index contributed by atoms with van der Waals surface area (Å²) in [6, 6.07) is 15.0. The maximum absolute atomic E-state index is 13.1. The summed E-state index contributed by atoms with van der Waals surface area (Å²) >= 11 is 0. The molecule has 0 saturated carbocycles. The van der Waals surface area contributed by atoms with Crippen LogP contribution in [0.5, 0.6) is 5.75 Å². The van der Waals surface area contributed by atoms with Crippen LogP contribution in [-0.2, 0) is 6.54 Å². The Morgan fingerprint density at radius 1 is 1.13 bits per heavy atom. The van der Waals surface area contributed by atoms with E-state index in [0.717, 1.165) is 24.4 Å². The van der Waals surface area contributed by atoms with Gasteiger partial charge in [0.05, 0.1) is 6.61 Å². The van der Waals surface area contributed by atoms with Crippen LogP contribution in [0.1, 0.15) is 24.1 Å². The summed E-state index contributed by atoms with van der Waals surface area (Å²) in [6.45, 7) is 4.21. The predicted molar refractivity (Wildman–Crippen MR) is 92.1 cm³/mol. The highest BCUT2D eigenvalue weighted by molar-refractivity contribution is 5.28. The molecule has 2 rings (SSSR count). The van der Waals surface area contributed by atoms with Gasteiger partial charge < -0.3 is 15.0 Å². The molecule has 1 atom stereocenters. The molecule has 0 aliphatic rings. The molecule has 3 nitrogen and oxygen atoms in total. The van der Waals surface area contributed by atoms with E-state index in [1.807, 2.05) is 45.3 Å². The van der Waals surface area contributed by atoms with Crippen LogP contribution in [-0.4, -0.2) is 32.1 Å². The van der Waals surface area contributed by atoms with Gasteiger partial charge in [0.1, 0.15) is 11.6 Å². The second-order valence-electron chi connectivity index (χ2n) is 5.74. The van der Waals surface area contributed by atoms with E-state index in [-0.39, 0.29) is 11.9 Å². The van der Waals surface area contributed by atoms with Crippen LogP contribution in [0.4, 0.5) is 4.39 Å². The van der Waals surface area contributed by atoms with Gasteiger partial charge in [0.2, 0.25) is 0 Å². The lowest BCUT2D eigenvalue weighted by Crippen LogP contribution is -2.30. The third-order valence-electron chi connectivity index (χ3n) is 3.75. The first-order valence-corrected chi connectivity index (χ1v) is 7.94. The Morgan fingerprint density at radius 3 is 2.52 bits per heavy atom. The fraction of sp³-hybridized carbons (Fsp3) is 0.368. The van der Waals surface area contributed by atoms with Gasteiger partial charge in [0.15, 0.2) is 0 Å². The molecule has 124 valence electrons. The zero-order valence-corrected chi connectivity index (χ0v) is 14.1. The molecule has 4 heteroatoms. The first-order chi connectivity index (χ1) is 11.1. The van der Waals surface area contributed by atoms with E-state index in [0.29, 0.717) is 6.61 Å². The van der Waals surface area contributed by atoms with Gasteiger partial charge >= 0.3 is 0 Å². The molecule has 0 heterocycles. The Bertz CT molecular complexity index is 599. The SMILES string of the molecule is CCOc1cccc(CNCC(c2ccc(F)cc2)N(C)C)c1.